The van der Waals surface area contributed by atoms with Crippen LogP contribution in [0, 0.1) is 11.7 Å². The molecule has 250 valence electrons. The summed E-state index contributed by atoms with van der Waals surface area (Å²) in [6, 6.07) is 21.0. The molecular weight excluding hydrogens is 605 g/mol. The molecule has 0 saturated carbocycles. The molecule has 0 radical (unpaired) electrons. The number of carboxylic acid groups (broad SMARTS) is 2. The number of rotatable bonds is 14. The number of para-hydroxylation sites is 2. The lowest BCUT2D eigenvalue weighted by Crippen LogP contribution is -2.43. The number of likely N-dealkylation sites (tertiary alicyclic amines) is 1. The smallest absolute Gasteiger partial charge is 0.328 e. The van der Waals surface area contributed by atoms with E-state index >= 15 is 0 Å². The van der Waals surface area contributed by atoms with Gasteiger partial charge >= 0.3 is 11.9 Å². The molecule has 0 bridgehead atoms. The third-order valence-corrected chi connectivity index (χ3v) is 7.71. The van der Waals surface area contributed by atoms with E-state index in [9.17, 15) is 23.6 Å². The Bertz CT molecular complexity index is 1490. The minimum Gasteiger partial charge on any atom is -0.495 e. The van der Waals surface area contributed by atoms with Crippen LogP contribution in [0.2, 0.25) is 0 Å². The maximum atomic E-state index is 13.7. The summed E-state index contributed by atoms with van der Waals surface area (Å²) >= 11 is 0. The molecule has 10 nitrogen and oxygen atoms in total. The van der Waals surface area contributed by atoms with Crippen molar-refractivity contribution >= 4 is 35.0 Å². The molecule has 1 heterocycles. The van der Waals surface area contributed by atoms with E-state index in [-0.39, 0.29) is 23.4 Å². The van der Waals surface area contributed by atoms with Crippen LogP contribution in [0.4, 0.5) is 15.8 Å². The molecule has 3 aromatic rings. The number of piperidine rings is 1. The maximum Gasteiger partial charge on any atom is 0.328 e. The van der Waals surface area contributed by atoms with Crippen LogP contribution in [0.25, 0.3) is 0 Å². The van der Waals surface area contributed by atoms with Crippen molar-refractivity contribution in [3.05, 3.63) is 102 Å². The number of nitrogens with zero attached hydrogens (tertiary/aromatic N) is 2. The summed E-state index contributed by atoms with van der Waals surface area (Å²) in [6.45, 7) is 5.77. The molecule has 0 atom stereocenters. The summed E-state index contributed by atoms with van der Waals surface area (Å²) in [7, 11) is 1.61. The zero-order chi connectivity index (χ0) is 34.2. The average Bonchev–Trinajstić information content (AvgIpc) is 3.08. The quantitative estimate of drug-likeness (QED) is 0.109. The Kier molecular flexibility index (Phi) is 14.6. The number of carbonyl (C=O) groups is 4. The van der Waals surface area contributed by atoms with Gasteiger partial charge in [-0.1, -0.05) is 25.5 Å². The number of carboxylic acids is 2. The van der Waals surface area contributed by atoms with Gasteiger partial charge in [0.2, 0.25) is 0 Å². The molecule has 1 amide bonds. The molecule has 1 fully saturated rings. The number of methoxy groups -OCH3 is 1. The van der Waals surface area contributed by atoms with Gasteiger partial charge in [-0.15, -0.1) is 0 Å². The highest BCUT2D eigenvalue weighted by atomic mass is 19.1. The van der Waals surface area contributed by atoms with Crippen molar-refractivity contribution in [2.75, 3.05) is 50.1 Å². The van der Waals surface area contributed by atoms with Crippen LogP contribution in [-0.2, 0) is 9.59 Å². The second kappa shape index (κ2) is 18.8. The lowest BCUT2D eigenvalue weighted by atomic mass is 9.89. The van der Waals surface area contributed by atoms with Gasteiger partial charge in [0.05, 0.1) is 12.8 Å². The first-order valence-electron chi connectivity index (χ1n) is 15.6. The van der Waals surface area contributed by atoms with Crippen LogP contribution in [0.1, 0.15) is 53.3 Å². The van der Waals surface area contributed by atoms with E-state index in [1.54, 1.807) is 24.1 Å². The number of unbranched alkanes of at least 4 members (excludes halogenated alkanes) is 1. The Morgan fingerprint density at radius 1 is 0.915 bits per heavy atom. The molecule has 11 heteroatoms. The van der Waals surface area contributed by atoms with Crippen LogP contribution in [0.15, 0.2) is 84.9 Å². The Morgan fingerprint density at radius 2 is 1.51 bits per heavy atom. The Labute approximate surface area is 274 Å². The van der Waals surface area contributed by atoms with E-state index in [4.69, 9.17) is 14.9 Å². The number of hydrogen-bond donors (Lipinski definition) is 3. The molecule has 3 N–H and O–H groups in total. The first-order chi connectivity index (χ1) is 22.6. The molecular formula is C36H42FN3O7. The lowest BCUT2D eigenvalue weighted by molar-refractivity contribution is -0.134. The number of ketones is 1. The summed E-state index contributed by atoms with van der Waals surface area (Å²) in [6.07, 6.45) is 4.82. The van der Waals surface area contributed by atoms with Crippen molar-refractivity contribution in [2.45, 2.75) is 32.6 Å². The van der Waals surface area contributed by atoms with Crippen molar-refractivity contribution in [1.82, 2.24) is 4.90 Å². The number of Topliss-reactive ketones (excluding diaryl/α,β-unsaturated/α-hetero) is 1. The highest BCUT2D eigenvalue weighted by molar-refractivity contribution is 6.07. The second-order valence-electron chi connectivity index (χ2n) is 11.0. The van der Waals surface area contributed by atoms with E-state index in [1.165, 1.54) is 12.1 Å². The topological polar surface area (TPSA) is 136 Å². The van der Waals surface area contributed by atoms with Crippen LogP contribution in [0.3, 0.4) is 0 Å². The fraction of sp³-hybridized carbons (Fsp3) is 0.333. The minimum absolute atomic E-state index is 0.0666. The van der Waals surface area contributed by atoms with Crippen molar-refractivity contribution < 1.29 is 38.5 Å². The SMILES string of the molecule is CCCCNc1ccc(C(=O)N(CCN2CCC(C(=O)c3ccc(F)cc3)CC2)c2ccccc2OC)cc1.O=C(O)C=CC(=O)O. The molecule has 3 aromatic carbocycles. The zero-order valence-electron chi connectivity index (χ0n) is 26.7. The number of aliphatic carboxylic acids is 2. The van der Waals surface area contributed by atoms with E-state index in [0.29, 0.717) is 42.1 Å². The normalized spacial score (nSPS) is 13.3. The van der Waals surface area contributed by atoms with Gasteiger partial charge in [-0.05, 0) is 93.0 Å². The van der Waals surface area contributed by atoms with Gasteiger partial charge in [0.1, 0.15) is 11.6 Å². The Morgan fingerprint density at radius 3 is 2.09 bits per heavy atom. The monoisotopic (exact) mass is 647 g/mol. The number of amides is 1. The molecule has 1 saturated heterocycles. The Balaban J connectivity index is 0.000000665. The molecule has 0 aromatic heterocycles. The number of halogens is 1. The van der Waals surface area contributed by atoms with Crippen molar-refractivity contribution in [3.8, 4) is 5.75 Å². The standard InChI is InChI=1S/C32H38FN3O3.C4H4O4/c1-3-4-19-34-28-15-11-26(12-16-28)32(38)36(29-7-5-6-8-30(29)39-2)23-22-35-20-17-25(18-21-35)31(37)24-9-13-27(33)14-10-24;5-3(6)1-2-4(7)8/h5-16,25,34H,3-4,17-23H2,1-2H3;1-2H,(H,5,6)(H,7,8). The maximum absolute atomic E-state index is 13.7. The minimum atomic E-state index is -1.26. The van der Waals surface area contributed by atoms with Gasteiger partial charge in [0, 0.05) is 54.5 Å². The van der Waals surface area contributed by atoms with Gasteiger partial charge in [0.25, 0.3) is 5.91 Å². The van der Waals surface area contributed by atoms with Gasteiger partial charge in [-0.3, -0.25) is 9.59 Å². The largest absolute Gasteiger partial charge is 0.495 e. The van der Waals surface area contributed by atoms with Crippen LogP contribution < -0.4 is 15.0 Å². The van der Waals surface area contributed by atoms with Crippen LogP contribution in [-0.4, -0.2) is 78.6 Å². The number of hydrogen-bond acceptors (Lipinski definition) is 7. The molecule has 1 aliphatic heterocycles. The van der Waals surface area contributed by atoms with Crippen molar-refractivity contribution in [1.29, 1.82) is 0 Å². The third kappa shape index (κ3) is 11.7. The Hall–Kier alpha value is -5.03. The number of benzene rings is 3. The molecule has 0 aliphatic carbocycles. The van der Waals surface area contributed by atoms with Crippen molar-refractivity contribution in [2.24, 2.45) is 5.92 Å². The van der Waals surface area contributed by atoms with Gasteiger partial charge in [-0.25, -0.2) is 14.0 Å². The fourth-order valence-electron chi connectivity index (χ4n) is 5.13. The summed E-state index contributed by atoms with van der Waals surface area (Å²) in [5.41, 5.74) is 2.92. The number of nitrogens with one attached hydrogen (secondary N) is 1. The first kappa shape index (κ1) is 36.4. The number of anilines is 2. The molecule has 1 aliphatic rings. The summed E-state index contributed by atoms with van der Waals surface area (Å²) in [4.78, 5) is 49.8. The van der Waals surface area contributed by atoms with Crippen LogP contribution in [0.5, 0.6) is 5.75 Å². The van der Waals surface area contributed by atoms with Crippen LogP contribution >= 0.6 is 0 Å². The van der Waals surface area contributed by atoms with Gasteiger partial charge < -0.3 is 30.1 Å². The summed E-state index contributed by atoms with van der Waals surface area (Å²) < 4.78 is 18.8. The molecule has 0 spiro atoms. The lowest BCUT2D eigenvalue weighted by Gasteiger charge is -2.33. The number of carbonyl (C=O) groups excluding carboxylic acids is 2. The van der Waals surface area contributed by atoms with E-state index < -0.39 is 11.9 Å². The number of ether oxygens (including phenoxy) is 1. The van der Waals surface area contributed by atoms with Gasteiger partial charge in [0.15, 0.2) is 5.78 Å². The van der Waals surface area contributed by atoms with E-state index in [2.05, 4.69) is 17.1 Å². The summed E-state index contributed by atoms with van der Waals surface area (Å²) in [5.74, 6) is -2.28. The highest BCUT2D eigenvalue weighted by Crippen LogP contribution is 2.30. The fourth-order valence-corrected chi connectivity index (χ4v) is 5.13. The molecule has 0 unspecified atom stereocenters. The first-order valence-corrected chi connectivity index (χ1v) is 15.6. The second-order valence-corrected chi connectivity index (χ2v) is 11.0. The van der Waals surface area contributed by atoms with Crippen molar-refractivity contribution in [3.63, 3.8) is 0 Å². The predicted octanol–water partition coefficient (Wildman–Crippen LogP) is 6.00. The molecule has 47 heavy (non-hydrogen) atoms. The predicted molar refractivity (Wildman–Crippen MR) is 179 cm³/mol. The van der Waals surface area contributed by atoms with Gasteiger partial charge in [-0.2, -0.15) is 0 Å². The van der Waals surface area contributed by atoms with E-state index in [1.807, 2.05) is 48.5 Å². The van der Waals surface area contributed by atoms with E-state index in [0.717, 1.165) is 56.7 Å². The average molecular weight is 648 g/mol. The summed E-state index contributed by atoms with van der Waals surface area (Å²) in [5, 5.41) is 19.0. The molecule has 4 rings (SSSR count). The zero-order valence-corrected chi connectivity index (χ0v) is 26.7. The third-order valence-electron chi connectivity index (χ3n) is 7.71. The highest BCUT2D eigenvalue weighted by Gasteiger charge is 2.27.